The molecule has 0 spiro atoms. The molecule has 1 aromatic carbocycles. The average Bonchev–Trinajstić information content (AvgIpc) is 2.44. The van der Waals surface area contributed by atoms with E-state index in [1.807, 2.05) is 6.26 Å². The van der Waals surface area contributed by atoms with Crippen LogP contribution < -0.4 is 10.6 Å². The van der Waals surface area contributed by atoms with Gasteiger partial charge in [0.05, 0.1) is 0 Å². The molecule has 116 valence electrons. The molecule has 0 aliphatic rings. The molecule has 1 unspecified atom stereocenters. The van der Waals surface area contributed by atoms with Crippen molar-refractivity contribution >= 4 is 35.4 Å². The van der Waals surface area contributed by atoms with Crippen LogP contribution in [0.25, 0.3) is 0 Å². The zero-order valence-electron chi connectivity index (χ0n) is 11.4. The normalized spacial score (nSPS) is 11.8. The smallest absolute Gasteiger partial charge is 0.326 e. The number of nitrogens with one attached hydrogen (secondary N) is 2. The lowest BCUT2D eigenvalue weighted by molar-refractivity contribution is -0.139. The predicted molar refractivity (Wildman–Crippen MR) is 81.2 cm³/mol. The first-order valence-electron chi connectivity index (χ1n) is 6.14. The van der Waals surface area contributed by atoms with Gasteiger partial charge in [-0.05, 0) is 36.6 Å². The Morgan fingerprint density at radius 1 is 1.48 bits per heavy atom. The second-order valence-electron chi connectivity index (χ2n) is 4.24. The molecular formula is C13H16ClFN2O3S. The van der Waals surface area contributed by atoms with Gasteiger partial charge in [0.2, 0.25) is 0 Å². The van der Waals surface area contributed by atoms with Crippen LogP contribution in [0, 0.1) is 5.82 Å². The molecule has 3 N–H and O–H groups in total. The molecule has 1 atom stereocenters. The van der Waals surface area contributed by atoms with Crippen LogP contribution in [0.4, 0.5) is 9.18 Å². The Balaban J connectivity index is 2.52. The topological polar surface area (TPSA) is 78.4 Å². The standard InChI is InChI=1S/C13H16ClFN2O3S/c1-21-5-4-11(12(18)19)17-13(20)16-7-8-6-9(14)2-3-10(8)15/h2-3,6,11H,4-5,7H2,1H3,(H,18,19)(H2,16,17,20). The summed E-state index contributed by atoms with van der Waals surface area (Å²) in [5, 5.41) is 14.1. The van der Waals surface area contributed by atoms with Crippen molar-refractivity contribution in [2.45, 2.75) is 19.0 Å². The molecule has 0 aromatic heterocycles. The van der Waals surface area contributed by atoms with Gasteiger partial charge in [-0.15, -0.1) is 0 Å². The van der Waals surface area contributed by atoms with Crippen molar-refractivity contribution in [2.24, 2.45) is 0 Å². The SMILES string of the molecule is CSCCC(NC(=O)NCc1cc(Cl)ccc1F)C(=O)O. The van der Waals surface area contributed by atoms with E-state index in [4.69, 9.17) is 16.7 Å². The van der Waals surface area contributed by atoms with Gasteiger partial charge in [0.25, 0.3) is 0 Å². The third-order valence-electron chi connectivity index (χ3n) is 2.66. The Labute approximate surface area is 131 Å². The van der Waals surface area contributed by atoms with Crippen LogP contribution in [0.15, 0.2) is 18.2 Å². The highest BCUT2D eigenvalue weighted by Gasteiger charge is 2.19. The third-order valence-corrected chi connectivity index (χ3v) is 3.54. The maximum Gasteiger partial charge on any atom is 0.326 e. The Hall–Kier alpha value is -1.47. The fourth-order valence-corrected chi connectivity index (χ4v) is 2.22. The number of urea groups is 1. The van der Waals surface area contributed by atoms with E-state index in [2.05, 4.69) is 10.6 Å². The molecule has 0 fully saturated rings. The van der Waals surface area contributed by atoms with Crippen LogP contribution in [0.2, 0.25) is 5.02 Å². The number of aliphatic carboxylic acids is 1. The lowest BCUT2D eigenvalue weighted by Gasteiger charge is -2.15. The van der Waals surface area contributed by atoms with Gasteiger partial charge in [-0.3, -0.25) is 0 Å². The summed E-state index contributed by atoms with van der Waals surface area (Å²) in [4.78, 5) is 22.6. The van der Waals surface area contributed by atoms with E-state index in [1.54, 1.807) is 0 Å². The van der Waals surface area contributed by atoms with Gasteiger partial charge in [-0.1, -0.05) is 11.6 Å². The van der Waals surface area contributed by atoms with Gasteiger partial charge >= 0.3 is 12.0 Å². The van der Waals surface area contributed by atoms with Crippen molar-refractivity contribution in [1.29, 1.82) is 0 Å². The van der Waals surface area contributed by atoms with E-state index in [1.165, 1.54) is 30.0 Å². The highest BCUT2D eigenvalue weighted by Crippen LogP contribution is 2.14. The van der Waals surface area contributed by atoms with E-state index in [9.17, 15) is 14.0 Å². The quantitative estimate of drug-likeness (QED) is 0.716. The summed E-state index contributed by atoms with van der Waals surface area (Å²) < 4.78 is 13.5. The van der Waals surface area contributed by atoms with Gasteiger partial charge in [0.15, 0.2) is 0 Å². The summed E-state index contributed by atoms with van der Waals surface area (Å²) in [5.41, 5.74) is 0.230. The number of amides is 2. The van der Waals surface area contributed by atoms with Crippen LogP contribution >= 0.6 is 23.4 Å². The van der Waals surface area contributed by atoms with Crippen LogP contribution in [-0.4, -0.2) is 35.2 Å². The molecular weight excluding hydrogens is 319 g/mol. The van der Waals surface area contributed by atoms with Crippen molar-refractivity contribution in [3.63, 3.8) is 0 Å². The number of benzene rings is 1. The second kappa shape index (κ2) is 8.74. The van der Waals surface area contributed by atoms with E-state index >= 15 is 0 Å². The van der Waals surface area contributed by atoms with Crippen molar-refractivity contribution < 1.29 is 19.1 Å². The Bertz CT molecular complexity index is 516. The van der Waals surface area contributed by atoms with Gasteiger partial charge in [0, 0.05) is 17.1 Å². The number of halogens is 2. The number of rotatable bonds is 7. The van der Waals surface area contributed by atoms with Crippen molar-refractivity contribution in [2.75, 3.05) is 12.0 Å². The van der Waals surface area contributed by atoms with Crippen LogP contribution in [0.3, 0.4) is 0 Å². The van der Waals surface area contributed by atoms with Crippen LogP contribution in [0.5, 0.6) is 0 Å². The monoisotopic (exact) mass is 334 g/mol. The third kappa shape index (κ3) is 6.22. The maximum atomic E-state index is 13.5. The molecule has 1 aromatic rings. The first kappa shape index (κ1) is 17.6. The number of carbonyl (C=O) groups is 2. The zero-order valence-corrected chi connectivity index (χ0v) is 12.9. The number of hydrogen-bond donors (Lipinski definition) is 3. The largest absolute Gasteiger partial charge is 0.480 e. The molecule has 21 heavy (non-hydrogen) atoms. The van der Waals surface area contributed by atoms with E-state index < -0.39 is 23.9 Å². The van der Waals surface area contributed by atoms with Gasteiger partial charge < -0.3 is 15.7 Å². The Kier molecular flexibility index (Phi) is 7.31. The fourth-order valence-electron chi connectivity index (χ4n) is 1.56. The average molecular weight is 335 g/mol. The summed E-state index contributed by atoms with van der Waals surface area (Å²) in [5.74, 6) is -0.981. The highest BCUT2D eigenvalue weighted by molar-refractivity contribution is 7.98. The molecule has 0 saturated heterocycles. The molecule has 0 saturated carbocycles. The lowest BCUT2D eigenvalue weighted by atomic mass is 10.2. The van der Waals surface area contributed by atoms with Crippen LogP contribution in [-0.2, 0) is 11.3 Å². The summed E-state index contributed by atoms with van der Waals surface area (Å²) in [6.07, 6.45) is 2.16. The van der Waals surface area contributed by atoms with Crippen molar-refractivity contribution in [3.8, 4) is 0 Å². The minimum absolute atomic E-state index is 0.0763. The summed E-state index contributed by atoms with van der Waals surface area (Å²) in [7, 11) is 0. The van der Waals surface area contributed by atoms with Crippen molar-refractivity contribution in [1.82, 2.24) is 10.6 Å². The predicted octanol–water partition coefficient (Wildman–Crippen LogP) is 2.48. The number of carboxylic acid groups (broad SMARTS) is 1. The molecule has 0 aliphatic carbocycles. The molecule has 2 amide bonds. The molecule has 5 nitrogen and oxygen atoms in total. The summed E-state index contributed by atoms with van der Waals surface area (Å²) >= 11 is 7.23. The Morgan fingerprint density at radius 3 is 2.81 bits per heavy atom. The molecule has 0 radical (unpaired) electrons. The van der Waals surface area contributed by atoms with Gasteiger partial charge in [-0.25, -0.2) is 14.0 Å². The van der Waals surface area contributed by atoms with Crippen molar-refractivity contribution in [3.05, 3.63) is 34.6 Å². The number of carbonyl (C=O) groups excluding carboxylic acids is 1. The molecule has 0 bridgehead atoms. The molecule has 1 rings (SSSR count). The highest BCUT2D eigenvalue weighted by atomic mass is 35.5. The minimum Gasteiger partial charge on any atom is -0.480 e. The second-order valence-corrected chi connectivity index (χ2v) is 5.66. The van der Waals surface area contributed by atoms with E-state index in [0.717, 1.165) is 0 Å². The number of carboxylic acids is 1. The Morgan fingerprint density at radius 2 is 2.19 bits per heavy atom. The number of hydrogen-bond acceptors (Lipinski definition) is 3. The minimum atomic E-state index is -1.10. The molecule has 8 heteroatoms. The van der Waals surface area contributed by atoms with Gasteiger partial charge in [0.1, 0.15) is 11.9 Å². The van der Waals surface area contributed by atoms with E-state index in [-0.39, 0.29) is 12.1 Å². The lowest BCUT2D eigenvalue weighted by Crippen LogP contribution is -2.46. The van der Waals surface area contributed by atoms with Gasteiger partial charge in [-0.2, -0.15) is 11.8 Å². The molecule has 0 aliphatic heterocycles. The first-order valence-corrected chi connectivity index (χ1v) is 7.91. The fraction of sp³-hybridized carbons (Fsp3) is 0.385. The summed E-state index contributed by atoms with van der Waals surface area (Å²) in [6, 6.07) is 2.38. The molecule has 0 heterocycles. The summed E-state index contributed by atoms with van der Waals surface area (Å²) in [6.45, 7) is -0.0763. The maximum absolute atomic E-state index is 13.5. The number of thioether (sulfide) groups is 1. The van der Waals surface area contributed by atoms with Crippen LogP contribution in [0.1, 0.15) is 12.0 Å². The van der Waals surface area contributed by atoms with E-state index in [0.29, 0.717) is 17.2 Å². The zero-order chi connectivity index (χ0) is 15.8. The first-order chi connectivity index (χ1) is 9.93.